The van der Waals surface area contributed by atoms with Crippen molar-refractivity contribution >= 4 is 5.91 Å². The molecule has 4 nitrogen and oxygen atoms in total. The second-order valence-corrected chi connectivity index (χ2v) is 6.67. The van der Waals surface area contributed by atoms with Gasteiger partial charge < -0.3 is 10.2 Å². The minimum atomic E-state index is 0.355. The Hall–Kier alpha value is -0.610. The number of nitrogens with zero attached hydrogens (tertiary/aromatic N) is 2. The number of carbonyl (C=O) groups excluding carboxylic acids is 1. The van der Waals surface area contributed by atoms with E-state index in [9.17, 15) is 4.79 Å². The molecule has 2 fully saturated rings. The minimum Gasteiger partial charge on any atom is -0.339 e. The van der Waals surface area contributed by atoms with Crippen LogP contribution in [0.3, 0.4) is 0 Å². The number of rotatable bonds is 7. The normalized spacial score (nSPS) is 26.5. The maximum absolute atomic E-state index is 12.7. The molecule has 0 radical (unpaired) electrons. The average molecular weight is 295 g/mol. The molecule has 122 valence electrons. The van der Waals surface area contributed by atoms with Crippen LogP contribution in [0.15, 0.2) is 0 Å². The van der Waals surface area contributed by atoms with Crippen LogP contribution in [0, 0.1) is 0 Å². The monoisotopic (exact) mass is 295 g/mol. The Kier molecular flexibility index (Phi) is 6.97. The summed E-state index contributed by atoms with van der Waals surface area (Å²) in [5, 5.41) is 3.55. The first kappa shape index (κ1) is 16.8. The number of hydrogen-bond donors (Lipinski definition) is 1. The molecule has 21 heavy (non-hydrogen) atoms. The highest BCUT2D eigenvalue weighted by molar-refractivity contribution is 5.78. The predicted octanol–water partition coefficient (Wildman–Crippen LogP) is 2.24. The summed E-state index contributed by atoms with van der Waals surface area (Å²) in [6, 6.07) is 1.08. The van der Waals surface area contributed by atoms with Gasteiger partial charge in [0.15, 0.2) is 0 Å². The summed E-state index contributed by atoms with van der Waals surface area (Å²) >= 11 is 0. The maximum Gasteiger partial charge on any atom is 0.236 e. The van der Waals surface area contributed by atoms with Crippen molar-refractivity contribution in [1.82, 2.24) is 15.1 Å². The van der Waals surface area contributed by atoms with E-state index in [0.717, 1.165) is 39.0 Å². The van der Waals surface area contributed by atoms with Gasteiger partial charge in [0.1, 0.15) is 0 Å². The number of piperidine rings is 1. The van der Waals surface area contributed by atoms with E-state index in [0.29, 0.717) is 24.5 Å². The number of likely N-dealkylation sites (tertiary alicyclic amines) is 1. The van der Waals surface area contributed by atoms with Crippen LogP contribution in [0.25, 0.3) is 0 Å². The van der Waals surface area contributed by atoms with Gasteiger partial charge in [0.2, 0.25) is 5.91 Å². The maximum atomic E-state index is 12.7. The van der Waals surface area contributed by atoms with Crippen LogP contribution in [-0.4, -0.2) is 60.5 Å². The highest BCUT2D eigenvalue weighted by Gasteiger charge is 2.27. The largest absolute Gasteiger partial charge is 0.339 e. The fourth-order valence-electron chi connectivity index (χ4n) is 3.81. The molecular weight excluding hydrogens is 262 g/mol. The van der Waals surface area contributed by atoms with Gasteiger partial charge in [-0.3, -0.25) is 9.69 Å². The molecule has 2 saturated heterocycles. The first-order valence-electron chi connectivity index (χ1n) is 8.99. The Labute approximate surface area is 130 Å². The second-order valence-electron chi connectivity index (χ2n) is 6.67. The summed E-state index contributed by atoms with van der Waals surface area (Å²) < 4.78 is 0. The molecule has 2 rings (SSSR count). The lowest BCUT2D eigenvalue weighted by Gasteiger charge is -2.37. The summed E-state index contributed by atoms with van der Waals surface area (Å²) in [7, 11) is 0. The molecule has 2 aliphatic rings. The zero-order valence-corrected chi connectivity index (χ0v) is 13.9. The number of carbonyl (C=O) groups is 1. The SMILES string of the molecule is CCCN(CC(=O)N1CCCCC1CC)CC1CCCN1. The third kappa shape index (κ3) is 4.96. The van der Waals surface area contributed by atoms with Crippen molar-refractivity contribution in [1.29, 1.82) is 0 Å². The first-order valence-corrected chi connectivity index (χ1v) is 8.99. The number of nitrogens with one attached hydrogen (secondary N) is 1. The van der Waals surface area contributed by atoms with Crippen LogP contribution < -0.4 is 5.32 Å². The van der Waals surface area contributed by atoms with Crippen molar-refractivity contribution in [3.05, 3.63) is 0 Å². The zero-order valence-electron chi connectivity index (χ0n) is 13.9. The molecule has 2 heterocycles. The van der Waals surface area contributed by atoms with Crippen LogP contribution in [0.1, 0.15) is 58.8 Å². The van der Waals surface area contributed by atoms with Gasteiger partial charge in [-0.1, -0.05) is 13.8 Å². The topological polar surface area (TPSA) is 35.6 Å². The minimum absolute atomic E-state index is 0.355. The van der Waals surface area contributed by atoms with E-state index in [1.165, 1.54) is 32.1 Å². The van der Waals surface area contributed by atoms with Crippen molar-refractivity contribution in [3.63, 3.8) is 0 Å². The summed E-state index contributed by atoms with van der Waals surface area (Å²) in [6.07, 6.45) is 8.42. The Morgan fingerprint density at radius 3 is 2.76 bits per heavy atom. The van der Waals surface area contributed by atoms with Crippen LogP contribution in [-0.2, 0) is 4.79 Å². The molecule has 0 bridgehead atoms. The first-order chi connectivity index (χ1) is 10.2. The molecule has 0 saturated carbocycles. The van der Waals surface area contributed by atoms with Crippen LogP contribution in [0.4, 0.5) is 0 Å². The lowest BCUT2D eigenvalue weighted by Crippen LogP contribution is -2.49. The Morgan fingerprint density at radius 2 is 2.10 bits per heavy atom. The third-order valence-electron chi connectivity index (χ3n) is 4.96. The highest BCUT2D eigenvalue weighted by atomic mass is 16.2. The quantitative estimate of drug-likeness (QED) is 0.782. The molecule has 1 N–H and O–H groups in total. The molecule has 1 amide bonds. The fourth-order valence-corrected chi connectivity index (χ4v) is 3.81. The van der Waals surface area contributed by atoms with Crippen LogP contribution in [0.5, 0.6) is 0 Å². The molecule has 0 aromatic rings. The van der Waals surface area contributed by atoms with Crippen LogP contribution >= 0.6 is 0 Å². The lowest BCUT2D eigenvalue weighted by molar-refractivity contribution is -0.136. The fraction of sp³-hybridized carbons (Fsp3) is 0.941. The molecular formula is C17H33N3O. The number of hydrogen-bond acceptors (Lipinski definition) is 3. The zero-order chi connectivity index (χ0) is 15.1. The molecule has 2 unspecified atom stereocenters. The van der Waals surface area contributed by atoms with Gasteiger partial charge >= 0.3 is 0 Å². The molecule has 0 spiro atoms. The van der Waals surface area contributed by atoms with Gasteiger partial charge in [-0.15, -0.1) is 0 Å². The average Bonchev–Trinajstić information content (AvgIpc) is 3.00. The Morgan fingerprint density at radius 1 is 1.24 bits per heavy atom. The van der Waals surface area contributed by atoms with E-state index in [-0.39, 0.29) is 0 Å². The molecule has 0 aromatic carbocycles. The smallest absolute Gasteiger partial charge is 0.236 e. The summed E-state index contributed by atoms with van der Waals surface area (Å²) in [6.45, 7) is 9.21. The Balaban J connectivity index is 1.86. The molecule has 0 aliphatic carbocycles. The van der Waals surface area contributed by atoms with E-state index < -0.39 is 0 Å². The third-order valence-corrected chi connectivity index (χ3v) is 4.96. The molecule has 2 atom stereocenters. The van der Waals surface area contributed by atoms with Gasteiger partial charge in [-0.05, 0) is 58.0 Å². The van der Waals surface area contributed by atoms with Gasteiger partial charge in [0, 0.05) is 25.2 Å². The van der Waals surface area contributed by atoms with Crippen molar-refractivity contribution < 1.29 is 4.79 Å². The molecule has 2 aliphatic heterocycles. The number of amides is 1. The standard InChI is InChI=1S/C17H33N3O/c1-3-11-19(13-15-8-7-10-18-15)14-17(21)20-12-6-5-9-16(20)4-2/h15-16,18H,3-14H2,1-2H3. The van der Waals surface area contributed by atoms with E-state index in [4.69, 9.17) is 0 Å². The summed E-state index contributed by atoms with van der Waals surface area (Å²) in [5.41, 5.74) is 0. The van der Waals surface area contributed by atoms with E-state index in [1.54, 1.807) is 0 Å². The predicted molar refractivity (Wildman–Crippen MR) is 87.4 cm³/mol. The van der Waals surface area contributed by atoms with Crippen molar-refractivity contribution in [2.24, 2.45) is 0 Å². The van der Waals surface area contributed by atoms with E-state index in [2.05, 4.69) is 29.0 Å². The van der Waals surface area contributed by atoms with Gasteiger partial charge in [-0.2, -0.15) is 0 Å². The van der Waals surface area contributed by atoms with Gasteiger partial charge in [0.25, 0.3) is 0 Å². The summed E-state index contributed by atoms with van der Waals surface area (Å²) in [4.78, 5) is 17.2. The second kappa shape index (κ2) is 8.74. The van der Waals surface area contributed by atoms with Crippen LogP contribution in [0.2, 0.25) is 0 Å². The Bertz CT molecular complexity index is 315. The lowest BCUT2D eigenvalue weighted by atomic mass is 10.00. The summed E-state index contributed by atoms with van der Waals surface area (Å²) in [5.74, 6) is 0.355. The van der Waals surface area contributed by atoms with Crippen molar-refractivity contribution in [2.75, 3.05) is 32.7 Å². The van der Waals surface area contributed by atoms with Crippen molar-refractivity contribution in [3.8, 4) is 0 Å². The van der Waals surface area contributed by atoms with E-state index >= 15 is 0 Å². The van der Waals surface area contributed by atoms with Crippen molar-refractivity contribution in [2.45, 2.75) is 70.9 Å². The molecule has 4 heteroatoms. The van der Waals surface area contributed by atoms with E-state index in [1.807, 2.05) is 0 Å². The van der Waals surface area contributed by atoms with Gasteiger partial charge in [-0.25, -0.2) is 0 Å². The highest BCUT2D eigenvalue weighted by Crippen LogP contribution is 2.20. The molecule has 0 aromatic heterocycles. The van der Waals surface area contributed by atoms with Gasteiger partial charge in [0.05, 0.1) is 6.54 Å².